The minimum Gasteiger partial charge on any atom is -0.479 e. The fraction of sp³-hybridized carbons (Fsp3) is 0.780. The molecule has 0 saturated carbocycles. The van der Waals surface area contributed by atoms with Gasteiger partial charge in [-0.25, -0.2) is 4.79 Å². The summed E-state index contributed by atoms with van der Waals surface area (Å²) in [4.78, 5) is 36.9. The molecule has 1 aliphatic rings. The Bertz CT molecular complexity index is 1200. The van der Waals surface area contributed by atoms with Crippen molar-refractivity contribution in [2.45, 2.75) is 237 Å². The topological polar surface area (TPSA) is 169 Å². The molecule has 4 N–H and O–H groups in total. The first kappa shape index (κ1) is 56.2. The van der Waals surface area contributed by atoms with E-state index in [1.807, 2.05) is 0 Å². The van der Waals surface area contributed by atoms with Crippen molar-refractivity contribution in [1.29, 1.82) is 0 Å². The highest BCUT2D eigenvalue weighted by atomic mass is 16.7. The number of carbonyl (C=O) groups is 3. The zero-order chi connectivity index (χ0) is 44.6. The second-order valence-electron chi connectivity index (χ2n) is 16.6. The smallest absolute Gasteiger partial charge is 0.335 e. The Morgan fingerprint density at radius 3 is 1.48 bits per heavy atom. The number of ether oxygens (including phenoxy) is 4. The molecule has 11 nitrogen and oxygen atoms in total. The lowest BCUT2D eigenvalue weighted by atomic mass is 9.99. The molecule has 0 bridgehead atoms. The van der Waals surface area contributed by atoms with Crippen molar-refractivity contribution in [3.8, 4) is 0 Å². The zero-order valence-corrected chi connectivity index (χ0v) is 38.1. The molecular weight excluding hydrogens is 777 g/mol. The quantitative estimate of drug-likeness (QED) is 0.0263. The van der Waals surface area contributed by atoms with E-state index in [1.165, 1.54) is 83.5 Å². The number of carboxylic acid groups (broad SMARTS) is 1. The number of unbranched alkanes of at least 4 members (excludes halogenated alkanes) is 21. The lowest BCUT2D eigenvalue weighted by Gasteiger charge is -2.38. The molecule has 1 rings (SSSR count). The van der Waals surface area contributed by atoms with E-state index >= 15 is 0 Å². The number of carboxylic acids is 1. The van der Waals surface area contributed by atoms with Crippen LogP contribution in [0, 0.1) is 0 Å². The van der Waals surface area contributed by atoms with Gasteiger partial charge in [-0.15, -0.1) is 0 Å². The molecule has 6 unspecified atom stereocenters. The predicted octanol–water partition coefficient (Wildman–Crippen LogP) is 10.9. The maximum Gasteiger partial charge on any atom is 0.335 e. The number of rotatable bonds is 40. The molecule has 0 aromatic rings. The van der Waals surface area contributed by atoms with Gasteiger partial charge in [0.25, 0.3) is 0 Å². The summed E-state index contributed by atoms with van der Waals surface area (Å²) in [6, 6.07) is 0. The van der Waals surface area contributed by atoms with Crippen LogP contribution in [-0.2, 0) is 33.3 Å². The van der Waals surface area contributed by atoms with Gasteiger partial charge in [0.1, 0.15) is 24.9 Å². The van der Waals surface area contributed by atoms with E-state index in [4.69, 9.17) is 18.9 Å². The molecule has 0 amide bonds. The van der Waals surface area contributed by atoms with Gasteiger partial charge in [0.2, 0.25) is 0 Å². The Kier molecular flexibility index (Phi) is 36.8. The van der Waals surface area contributed by atoms with Crippen LogP contribution in [0.3, 0.4) is 0 Å². The Morgan fingerprint density at radius 2 is 0.967 bits per heavy atom. The van der Waals surface area contributed by atoms with E-state index in [9.17, 15) is 34.8 Å². The number of esters is 2. The summed E-state index contributed by atoms with van der Waals surface area (Å²) in [7, 11) is 0. The maximum atomic E-state index is 12.8. The molecule has 1 fully saturated rings. The molecule has 61 heavy (non-hydrogen) atoms. The summed E-state index contributed by atoms with van der Waals surface area (Å²) in [6.07, 6.45) is 38.7. The summed E-state index contributed by atoms with van der Waals surface area (Å²) in [5.41, 5.74) is 0. The van der Waals surface area contributed by atoms with E-state index in [-0.39, 0.29) is 19.4 Å². The van der Waals surface area contributed by atoms with Gasteiger partial charge in [0, 0.05) is 12.8 Å². The van der Waals surface area contributed by atoms with E-state index in [2.05, 4.69) is 62.5 Å². The van der Waals surface area contributed by atoms with E-state index in [1.54, 1.807) is 0 Å². The van der Waals surface area contributed by atoms with Crippen molar-refractivity contribution >= 4 is 17.9 Å². The molecule has 1 heterocycles. The number of hydrogen-bond acceptors (Lipinski definition) is 10. The largest absolute Gasteiger partial charge is 0.479 e. The molecule has 1 saturated heterocycles. The number of aliphatic hydroxyl groups is 3. The van der Waals surface area contributed by atoms with Crippen molar-refractivity contribution in [3.05, 3.63) is 48.6 Å². The Hall–Kier alpha value is -2.83. The third-order valence-electron chi connectivity index (χ3n) is 10.9. The molecule has 0 aliphatic carbocycles. The number of aliphatic hydroxyl groups excluding tert-OH is 3. The molecule has 6 atom stereocenters. The van der Waals surface area contributed by atoms with Gasteiger partial charge in [-0.2, -0.15) is 0 Å². The van der Waals surface area contributed by atoms with Crippen LogP contribution < -0.4 is 0 Å². The van der Waals surface area contributed by atoms with Crippen LogP contribution in [0.2, 0.25) is 0 Å². The SMILES string of the molecule is CC/C=C\C/C=C\C/C=C\CCCCCCCCCC(=O)OCC(COC1OC(C(=O)O)C(O)C(O)C1O)OC(=O)CCCCCCCCC/C=C\CCCCCCCCC. The van der Waals surface area contributed by atoms with Crippen molar-refractivity contribution in [3.63, 3.8) is 0 Å². The molecule has 11 heteroatoms. The lowest BCUT2D eigenvalue weighted by Crippen LogP contribution is -2.60. The summed E-state index contributed by atoms with van der Waals surface area (Å²) < 4.78 is 21.8. The standard InChI is InChI=1S/C50H86O11/c1-3-5-7-9-11-13-15-17-19-21-23-25-27-29-31-33-35-37-39-44(52)60-42(41-59-50-47(55)45(53)46(54)48(61-50)49(56)57)40-58-43(51)38-36-34-32-30-28-26-24-22-20-18-16-14-12-10-8-6-4-2/h6,8,12,14,18-21,42,45-48,50,53-55H,3-5,7,9-11,13,15-17,22-41H2,1-2H3,(H,56,57)/b8-6-,14-12-,20-18-,21-19-. The lowest BCUT2D eigenvalue weighted by molar-refractivity contribution is -0.298. The Balaban J connectivity index is 2.34. The molecular formula is C50H86O11. The first-order valence-corrected chi connectivity index (χ1v) is 24.2. The third-order valence-corrected chi connectivity index (χ3v) is 10.9. The van der Waals surface area contributed by atoms with Crippen LogP contribution in [0.25, 0.3) is 0 Å². The van der Waals surface area contributed by atoms with Gasteiger partial charge in [0.05, 0.1) is 6.61 Å². The van der Waals surface area contributed by atoms with Gasteiger partial charge in [-0.05, 0) is 70.6 Å². The highest BCUT2D eigenvalue weighted by molar-refractivity contribution is 5.73. The molecule has 1 aliphatic heterocycles. The van der Waals surface area contributed by atoms with Crippen molar-refractivity contribution < 1.29 is 53.8 Å². The van der Waals surface area contributed by atoms with Gasteiger partial charge >= 0.3 is 17.9 Å². The van der Waals surface area contributed by atoms with Crippen LogP contribution in [-0.4, -0.2) is 88.4 Å². The monoisotopic (exact) mass is 863 g/mol. The van der Waals surface area contributed by atoms with Crippen LogP contribution in [0.15, 0.2) is 48.6 Å². The maximum absolute atomic E-state index is 12.8. The average Bonchev–Trinajstić information content (AvgIpc) is 3.24. The van der Waals surface area contributed by atoms with E-state index in [0.717, 1.165) is 77.0 Å². The normalized spacial score (nSPS) is 20.0. The minimum absolute atomic E-state index is 0.175. The van der Waals surface area contributed by atoms with Gasteiger partial charge in [-0.1, -0.05) is 165 Å². The van der Waals surface area contributed by atoms with E-state index < -0.39 is 61.3 Å². The fourth-order valence-electron chi connectivity index (χ4n) is 7.12. The number of allylic oxidation sites excluding steroid dienone is 8. The summed E-state index contributed by atoms with van der Waals surface area (Å²) in [6.45, 7) is 3.70. The third kappa shape index (κ3) is 31.6. The van der Waals surface area contributed by atoms with Crippen LogP contribution >= 0.6 is 0 Å². The molecule has 0 aromatic carbocycles. The fourth-order valence-corrected chi connectivity index (χ4v) is 7.12. The molecule has 352 valence electrons. The first-order chi connectivity index (χ1) is 29.7. The van der Waals surface area contributed by atoms with Gasteiger partial charge < -0.3 is 39.4 Å². The summed E-state index contributed by atoms with van der Waals surface area (Å²) in [5.74, 6) is -2.46. The van der Waals surface area contributed by atoms with Gasteiger partial charge in [0.15, 0.2) is 18.5 Å². The zero-order valence-electron chi connectivity index (χ0n) is 38.1. The molecule has 0 aromatic heterocycles. The second kappa shape index (κ2) is 40.0. The average molecular weight is 863 g/mol. The number of aliphatic carboxylic acids is 1. The van der Waals surface area contributed by atoms with Crippen molar-refractivity contribution in [2.75, 3.05) is 13.2 Å². The molecule has 0 radical (unpaired) electrons. The number of hydrogen-bond donors (Lipinski definition) is 4. The summed E-state index contributed by atoms with van der Waals surface area (Å²) in [5, 5.41) is 39.9. The Morgan fingerprint density at radius 1 is 0.525 bits per heavy atom. The first-order valence-electron chi connectivity index (χ1n) is 24.2. The van der Waals surface area contributed by atoms with E-state index in [0.29, 0.717) is 12.8 Å². The predicted molar refractivity (Wildman–Crippen MR) is 243 cm³/mol. The van der Waals surface area contributed by atoms with Crippen LogP contribution in [0.5, 0.6) is 0 Å². The Labute approximate surface area is 369 Å². The van der Waals surface area contributed by atoms with Crippen LogP contribution in [0.1, 0.15) is 200 Å². The molecule has 0 spiro atoms. The number of carbonyl (C=O) groups excluding carboxylic acids is 2. The minimum atomic E-state index is -1.86. The highest BCUT2D eigenvalue weighted by Gasteiger charge is 2.47. The van der Waals surface area contributed by atoms with Gasteiger partial charge in [-0.3, -0.25) is 9.59 Å². The van der Waals surface area contributed by atoms with Crippen LogP contribution in [0.4, 0.5) is 0 Å². The summed E-state index contributed by atoms with van der Waals surface area (Å²) >= 11 is 0. The second-order valence-corrected chi connectivity index (χ2v) is 16.6. The highest BCUT2D eigenvalue weighted by Crippen LogP contribution is 2.23. The van der Waals surface area contributed by atoms with Crippen molar-refractivity contribution in [1.82, 2.24) is 0 Å². The van der Waals surface area contributed by atoms with Crippen molar-refractivity contribution in [2.24, 2.45) is 0 Å².